The molecule has 1 heterocycles. The summed E-state index contributed by atoms with van der Waals surface area (Å²) < 4.78 is 17.8. The van der Waals surface area contributed by atoms with Crippen molar-refractivity contribution < 1.29 is 24.1 Å². The fourth-order valence-electron chi connectivity index (χ4n) is 2.19. The maximum atomic E-state index is 11.4. The van der Waals surface area contributed by atoms with Gasteiger partial charge < -0.3 is 24.6 Å². The lowest BCUT2D eigenvalue weighted by Gasteiger charge is -2.19. The van der Waals surface area contributed by atoms with E-state index in [1.807, 2.05) is 31.6 Å². The average Bonchev–Trinajstić information content (AvgIpc) is 3.03. The van der Waals surface area contributed by atoms with Crippen LogP contribution < -0.4 is 5.32 Å². The molecule has 0 fully saturated rings. The Bertz CT molecular complexity index is 516. The molecule has 0 aromatic carbocycles. The fourth-order valence-corrected chi connectivity index (χ4v) is 2.19. The van der Waals surface area contributed by atoms with Crippen LogP contribution in [0.3, 0.4) is 0 Å². The van der Waals surface area contributed by atoms with Gasteiger partial charge in [0, 0.05) is 19.7 Å². The van der Waals surface area contributed by atoms with E-state index in [0.717, 1.165) is 37.9 Å². The number of aromatic nitrogens is 3. The van der Waals surface area contributed by atoms with Crippen molar-refractivity contribution in [3.8, 4) is 0 Å². The van der Waals surface area contributed by atoms with Crippen molar-refractivity contribution >= 4 is 6.09 Å². The van der Waals surface area contributed by atoms with Crippen molar-refractivity contribution in [2.45, 2.75) is 65.2 Å². The first-order chi connectivity index (χ1) is 12.9. The van der Waals surface area contributed by atoms with Crippen LogP contribution in [0, 0.1) is 0 Å². The van der Waals surface area contributed by atoms with Crippen LogP contribution in [0.2, 0.25) is 0 Å². The zero-order chi connectivity index (χ0) is 20.0. The number of alkyl carbamates (subject to hydrolysis) is 1. The Morgan fingerprint density at radius 2 is 1.89 bits per heavy atom. The van der Waals surface area contributed by atoms with Crippen LogP contribution >= 0.6 is 0 Å². The molecule has 2 N–H and O–H groups in total. The second-order valence-corrected chi connectivity index (χ2v) is 7.20. The number of carbonyl (C=O) groups is 1. The molecule has 0 saturated carbocycles. The molecule has 0 spiro atoms. The molecular formula is C18H34N4O5. The third kappa shape index (κ3) is 13.2. The third-order valence-electron chi connectivity index (χ3n) is 3.42. The van der Waals surface area contributed by atoms with Crippen molar-refractivity contribution in [1.82, 2.24) is 20.3 Å². The normalized spacial score (nSPS) is 11.6. The maximum Gasteiger partial charge on any atom is 0.407 e. The molecule has 0 aliphatic carbocycles. The van der Waals surface area contributed by atoms with Crippen LogP contribution in [0.25, 0.3) is 0 Å². The van der Waals surface area contributed by atoms with Gasteiger partial charge in [-0.1, -0.05) is 18.1 Å². The molecule has 0 aliphatic rings. The van der Waals surface area contributed by atoms with Crippen LogP contribution in [-0.4, -0.2) is 64.8 Å². The molecule has 1 rings (SSSR count). The minimum absolute atomic E-state index is 0.259. The Hall–Kier alpha value is -1.71. The fraction of sp³-hybridized carbons (Fsp3) is 0.833. The quantitative estimate of drug-likeness (QED) is 0.470. The van der Waals surface area contributed by atoms with Gasteiger partial charge in [0.2, 0.25) is 0 Å². The van der Waals surface area contributed by atoms with Gasteiger partial charge >= 0.3 is 6.09 Å². The first-order valence-corrected chi connectivity index (χ1v) is 9.53. The van der Waals surface area contributed by atoms with Crippen LogP contribution in [0.5, 0.6) is 0 Å². The highest BCUT2D eigenvalue weighted by molar-refractivity contribution is 5.67. The predicted molar refractivity (Wildman–Crippen MR) is 100 cm³/mol. The Labute approximate surface area is 161 Å². The van der Waals surface area contributed by atoms with E-state index in [9.17, 15) is 4.79 Å². The molecule has 9 heteroatoms. The summed E-state index contributed by atoms with van der Waals surface area (Å²) >= 11 is 0. The third-order valence-corrected chi connectivity index (χ3v) is 3.42. The topological polar surface area (TPSA) is 108 Å². The summed E-state index contributed by atoms with van der Waals surface area (Å²) in [6.45, 7) is 8.60. The van der Waals surface area contributed by atoms with Crippen molar-refractivity contribution in [2.75, 3.05) is 33.0 Å². The van der Waals surface area contributed by atoms with E-state index in [1.54, 1.807) is 0 Å². The van der Waals surface area contributed by atoms with Crippen molar-refractivity contribution in [1.29, 1.82) is 0 Å². The highest BCUT2D eigenvalue weighted by Crippen LogP contribution is 2.06. The summed E-state index contributed by atoms with van der Waals surface area (Å²) in [5, 5.41) is 19.5. The molecule has 1 aromatic rings. The first kappa shape index (κ1) is 23.3. The summed E-state index contributed by atoms with van der Waals surface area (Å²) in [7, 11) is 0. The summed E-state index contributed by atoms with van der Waals surface area (Å²) in [5.41, 5.74) is 0.289. The highest BCUT2D eigenvalue weighted by atomic mass is 16.6. The van der Waals surface area contributed by atoms with Crippen molar-refractivity contribution in [2.24, 2.45) is 0 Å². The number of nitrogens with one attached hydrogen (secondary N) is 1. The van der Waals surface area contributed by atoms with Crippen LogP contribution in [0.1, 0.15) is 52.1 Å². The Balaban J connectivity index is 1.97. The number of aryl methyl sites for hydroxylation is 1. The number of aliphatic hydroxyl groups excluding tert-OH is 1. The monoisotopic (exact) mass is 386 g/mol. The molecular weight excluding hydrogens is 352 g/mol. The van der Waals surface area contributed by atoms with Gasteiger partial charge in [0.15, 0.2) is 0 Å². The second-order valence-electron chi connectivity index (χ2n) is 7.20. The summed E-state index contributed by atoms with van der Waals surface area (Å²) in [6, 6.07) is 0. The van der Waals surface area contributed by atoms with Crippen LogP contribution in [0.4, 0.5) is 4.79 Å². The van der Waals surface area contributed by atoms with E-state index in [-0.39, 0.29) is 6.61 Å². The Morgan fingerprint density at radius 1 is 1.15 bits per heavy atom. The van der Waals surface area contributed by atoms with Gasteiger partial charge in [-0.3, -0.25) is 4.68 Å². The number of nitrogens with zero attached hydrogens (tertiary/aromatic N) is 3. The number of ether oxygens (including phenoxy) is 3. The molecule has 27 heavy (non-hydrogen) atoms. The van der Waals surface area contributed by atoms with Gasteiger partial charge in [-0.05, 0) is 33.6 Å². The number of unbranched alkanes of at least 4 members (excludes halogenated alkanes) is 3. The van der Waals surface area contributed by atoms with Gasteiger partial charge in [0.05, 0.1) is 32.6 Å². The number of carbonyl (C=O) groups excluding carboxylic acids is 1. The number of aliphatic hydroxyl groups is 1. The van der Waals surface area contributed by atoms with Crippen LogP contribution in [-0.2, 0) is 27.4 Å². The lowest BCUT2D eigenvalue weighted by molar-refractivity contribution is 0.0348. The number of hydrogen-bond acceptors (Lipinski definition) is 7. The van der Waals surface area contributed by atoms with E-state index < -0.39 is 11.7 Å². The van der Waals surface area contributed by atoms with Gasteiger partial charge in [-0.25, -0.2) is 4.79 Å². The van der Waals surface area contributed by atoms with Gasteiger partial charge in [0.1, 0.15) is 11.3 Å². The number of hydrogen-bond donors (Lipinski definition) is 2. The second kappa shape index (κ2) is 13.5. The molecule has 0 atom stereocenters. The maximum absolute atomic E-state index is 11.4. The standard InChI is InChI=1S/C18H34N4O5/c1-18(2,3)27-17(24)19-8-11-25-12-13-26-15-16-14-22(21-20-16)9-6-4-5-7-10-23/h14,23H,4-13,15H2,1-3H3,(H,19,24). The zero-order valence-corrected chi connectivity index (χ0v) is 16.8. The van der Waals surface area contributed by atoms with E-state index >= 15 is 0 Å². The Morgan fingerprint density at radius 3 is 2.63 bits per heavy atom. The summed E-state index contributed by atoms with van der Waals surface area (Å²) in [4.78, 5) is 11.4. The zero-order valence-electron chi connectivity index (χ0n) is 16.8. The SMILES string of the molecule is CC(C)(C)OC(=O)NCCOCCOCc1cn(CCCCCCO)nn1. The van der Waals surface area contributed by atoms with E-state index in [0.29, 0.717) is 33.0 Å². The molecule has 156 valence electrons. The van der Waals surface area contributed by atoms with E-state index in [2.05, 4.69) is 15.6 Å². The minimum Gasteiger partial charge on any atom is -0.444 e. The molecule has 0 unspecified atom stereocenters. The molecule has 1 aromatic heterocycles. The lowest BCUT2D eigenvalue weighted by Crippen LogP contribution is -2.34. The average molecular weight is 386 g/mol. The molecule has 0 saturated heterocycles. The largest absolute Gasteiger partial charge is 0.444 e. The van der Waals surface area contributed by atoms with Gasteiger partial charge in [0.25, 0.3) is 0 Å². The summed E-state index contributed by atoms with van der Waals surface area (Å²) in [6.07, 6.45) is 5.43. The van der Waals surface area contributed by atoms with Crippen LogP contribution in [0.15, 0.2) is 6.20 Å². The van der Waals surface area contributed by atoms with E-state index in [4.69, 9.17) is 19.3 Å². The molecule has 0 radical (unpaired) electrons. The number of rotatable bonds is 14. The highest BCUT2D eigenvalue weighted by Gasteiger charge is 2.15. The van der Waals surface area contributed by atoms with E-state index in [1.165, 1.54) is 0 Å². The smallest absolute Gasteiger partial charge is 0.407 e. The Kier molecular flexibility index (Phi) is 11.6. The molecule has 9 nitrogen and oxygen atoms in total. The lowest BCUT2D eigenvalue weighted by atomic mass is 10.2. The predicted octanol–water partition coefficient (Wildman–Crippen LogP) is 1.89. The molecule has 0 aliphatic heterocycles. The molecule has 1 amide bonds. The first-order valence-electron chi connectivity index (χ1n) is 9.53. The van der Waals surface area contributed by atoms with Crippen molar-refractivity contribution in [3.63, 3.8) is 0 Å². The minimum atomic E-state index is -0.499. The summed E-state index contributed by atoms with van der Waals surface area (Å²) in [5.74, 6) is 0. The van der Waals surface area contributed by atoms with Crippen molar-refractivity contribution in [3.05, 3.63) is 11.9 Å². The molecule has 0 bridgehead atoms. The van der Waals surface area contributed by atoms with Gasteiger partial charge in [-0.15, -0.1) is 5.10 Å². The number of amides is 1. The van der Waals surface area contributed by atoms with Gasteiger partial charge in [-0.2, -0.15) is 0 Å².